The Morgan fingerprint density at radius 3 is 2.37 bits per heavy atom. The first-order valence-electron chi connectivity index (χ1n) is 7.97. The number of nitrogens with zero attached hydrogens (tertiary/aromatic N) is 5. The van der Waals surface area contributed by atoms with Crippen LogP contribution in [0.15, 0.2) is 41.7 Å². The van der Waals surface area contributed by atoms with Crippen molar-refractivity contribution >= 4 is 21.7 Å². The number of imidazole rings is 1. The number of rotatable bonds is 5. The van der Waals surface area contributed by atoms with Gasteiger partial charge in [0.25, 0.3) is 0 Å². The third kappa shape index (κ3) is 4.11. The highest BCUT2D eigenvalue weighted by Crippen LogP contribution is 2.18. The zero-order valence-corrected chi connectivity index (χ0v) is 14.9. The average molecular weight is 397 g/mol. The summed E-state index contributed by atoms with van der Waals surface area (Å²) in [5.41, 5.74) is 0. The van der Waals surface area contributed by atoms with E-state index >= 15 is 0 Å². The molecule has 0 bridgehead atoms. The molecule has 1 fully saturated rings. The summed E-state index contributed by atoms with van der Waals surface area (Å²) < 4.78 is 40.6. The molecule has 1 aromatic heterocycles. The third-order valence-corrected chi connectivity index (χ3v) is 6.08. The lowest BCUT2D eigenvalue weighted by Gasteiger charge is -2.34. The molecule has 27 heavy (non-hydrogen) atoms. The second-order valence-corrected chi connectivity index (χ2v) is 7.84. The Labute approximate surface area is 154 Å². The Morgan fingerprint density at radius 1 is 1.19 bits per heavy atom. The Morgan fingerprint density at radius 2 is 1.81 bits per heavy atom. The van der Waals surface area contributed by atoms with Crippen molar-refractivity contribution in [2.24, 2.45) is 0 Å². The molecule has 0 spiro atoms. The molecule has 144 valence electrons. The van der Waals surface area contributed by atoms with Gasteiger partial charge in [0.2, 0.25) is 22.3 Å². The first-order chi connectivity index (χ1) is 12.8. The summed E-state index contributed by atoms with van der Waals surface area (Å²) >= 11 is 0. The van der Waals surface area contributed by atoms with Crippen LogP contribution in [0.1, 0.15) is 0 Å². The van der Waals surface area contributed by atoms with Crippen LogP contribution in [0.5, 0.6) is 0 Å². The number of benzene rings is 1. The summed E-state index contributed by atoms with van der Waals surface area (Å²) in [4.78, 5) is 27.3. The van der Waals surface area contributed by atoms with Crippen molar-refractivity contribution in [1.29, 1.82) is 0 Å². The molecule has 2 heterocycles. The van der Waals surface area contributed by atoms with Gasteiger partial charge in [-0.2, -0.15) is 4.31 Å². The van der Waals surface area contributed by atoms with Crippen molar-refractivity contribution in [2.45, 2.75) is 11.4 Å². The van der Waals surface area contributed by atoms with E-state index in [2.05, 4.69) is 4.98 Å². The Bertz CT molecular complexity index is 951. The van der Waals surface area contributed by atoms with Crippen LogP contribution in [0.25, 0.3) is 0 Å². The van der Waals surface area contributed by atoms with Gasteiger partial charge in [0, 0.05) is 26.2 Å². The Balaban J connectivity index is 1.60. The lowest BCUT2D eigenvalue weighted by atomic mass is 10.3. The van der Waals surface area contributed by atoms with Gasteiger partial charge in [0.15, 0.2) is 0 Å². The van der Waals surface area contributed by atoms with Crippen molar-refractivity contribution in [2.75, 3.05) is 26.2 Å². The maximum atomic E-state index is 13.0. The van der Waals surface area contributed by atoms with Crippen LogP contribution >= 0.6 is 0 Å². The molecule has 1 amide bonds. The summed E-state index contributed by atoms with van der Waals surface area (Å²) in [6.07, 6.45) is 2.36. The summed E-state index contributed by atoms with van der Waals surface area (Å²) in [5.74, 6) is -1.16. The van der Waals surface area contributed by atoms with Gasteiger partial charge in [-0.05, 0) is 34.2 Å². The summed E-state index contributed by atoms with van der Waals surface area (Å²) in [6.45, 7) is 0.475. The minimum atomic E-state index is -3.75. The van der Waals surface area contributed by atoms with E-state index in [1.54, 1.807) is 0 Å². The molecule has 3 rings (SSSR count). The number of piperazine rings is 1. The number of hydrogen-bond donors (Lipinski definition) is 0. The topological polar surface area (TPSA) is 119 Å². The van der Waals surface area contributed by atoms with Crippen LogP contribution in [0.2, 0.25) is 0 Å². The zero-order chi connectivity index (χ0) is 19.6. The van der Waals surface area contributed by atoms with Crippen LogP contribution in [-0.4, -0.2) is 64.2 Å². The van der Waals surface area contributed by atoms with Crippen molar-refractivity contribution < 1.29 is 22.5 Å². The molecule has 0 unspecified atom stereocenters. The number of sulfonamides is 1. The SMILES string of the molecule is O=C(Cn1cnc([N+](=O)[O-])c1)N1CCN(S(=O)(=O)c2ccc(F)cc2)CC1. The largest absolute Gasteiger partial charge is 0.381 e. The molecule has 10 nitrogen and oxygen atoms in total. The summed E-state index contributed by atoms with van der Waals surface area (Å²) in [5, 5.41) is 10.6. The number of aromatic nitrogens is 2. The third-order valence-electron chi connectivity index (χ3n) is 4.17. The van der Waals surface area contributed by atoms with Gasteiger partial charge < -0.3 is 19.6 Å². The number of hydrogen-bond acceptors (Lipinski definition) is 6. The molecule has 0 aliphatic carbocycles. The monoisotopic (exact) mass is 397 g/mol. The van der Waals surface area contributed by atoms with Gasteiger partial charge >= 0.3 is 5.82 Å². The van der Waals surface area contributed by atoms with Gasteiger partial charge in [-0.3, -0.25) is 4.79 Å². The fourth-order valence-electron chi connectivity index (χ4n) is 2.72. The van der Waals surface area contributed by atoms with Gasteiger partial charge in [-0.1, -0.05) is 0 Å². The molecule has 0 radical (unpaired) electrons. The fraction of sp³-hybridized carbons (Fsp3) is 0.333. The smallest absolute Gasteiger partial charge is 0.358 e. The lowest BCUT2D eigenvalue weighted by Crippen LogP contribution is -2.51. The van der Waals surface area contributed by atoms with E-state index in [1.165, 1.54) is 32.2 Å². The predicted octanol–water partition coefficient (Wildman–Crippen LogP) is 0.463. The number of amides is 1. The minimum Gasteiger partial charge on any atom is -0.358 e. The van der Waals surface area contributed by atoms with Gasteiger partial charge in [0.1, 0.15) is 18.6 Å². The molecule has 2 aromatic rings. The molecule has 0 N–H and O–H groups in total. The molecule has 1 aliphatic rings. The fourth-order valence-corrected chi connectivity index (χ4v) is 4.14. The molecule has 0 saturated carbocycles. The van der Waals surface area contributed by atoms with Gasteiger partial charge in [-0.25, -0.2) is 12.8 Å². The van der Waals surface area contributed by atoms with Crippen molar-refractivity contribution in [3.63, 3.8) is 0 Å². The van der Waals surface area contributed by atoms with E-state index in [4.69, 9.17) is 0 Å². The maximum Gasteiger partial charge on any atom is 0.381 e. The molecule has 1 aliphatic heterocycles. The molecular formula is C15H16FN5O5S. The molecule has 1 aromatic carbocycles. The van der Waals surface area contributed by atoms with E-state index in [1.807, 2.05) is 0 Å². The first kappa shape index (κ1) is 18.9. The van der Waals surface area contributed by atoms with E-state index < -0.39 is 20.8 Å². The van der Waals surface area contributed by atoms with E-state index in [0.29, 0.717) is 0 Å². The van der Waals surface area contributed by atoms with E-state index in [9.17, 15) is 27.7 Å². The summed E-state index contributed by atoms with van der Waals surface area (Å²) in [6, 6.07) is 4.57. The quantitative estimate of drug-likeness (QED) is 0.534. The second-order valence-electron chi connectivity index (χ2n) is 5.90. The lowest BCUT2D eigenvalue weighted by molar-refractivity contribution is -0.389. The zero-order valence-electron chi connectivity index (χ0n) is 14.1. The molecule has 1 saturated heterocycles. The number of nitro groups is 1. The normalized spacial score (nSPS) is 15.7. The van der Waals surface area contributed by atoms with Crippen molar-refractivity contribution in [3.8, 4) is 0 Å². The Kier molecular flexibility index (Phi) is 5.19. The highest BCUT2D eigenvalue weighted by Gasteiger charge is 2.30. The van der Waals surface area contributed by atoms with Gasteiger partial charge in [-0.15, -0.1) is 0 Å². The van der Waals surface area contributed by atoms with E-state index in [-0.39, 0.29) is 49.3 Å². The second kappa shape index (κ2) is 7.40. The van der Waals surface area contributed by atoms with Crippen LogP contribution in [-0.2, 0) is 21.4 Å². The maximum absolute atomic E-state index is 13.0. The number of halogens is 1. The average Bonchev–Trinajstić information content (AvgIpc) is 3.11. The van der Waals surface area contributed by atoms with Crippen molar-refractivity contribution in [1.82, 2.24) is 18.8 Å². The minimum absolute atomic E-state index is 0.00518. The van der Waals surface area contributed by atoms with Crippen LogP contribution < -0.4 is 0 Å². The standard InChI is InChI=1S/C15H16FN5O5S/c16-12-1-3-13(4-2-12)27(25,26)20-7-5-19(6-8-20)15(22)10-18-9-14(17-11-18)21(23)24/h1-4,9,11H,5-8,10H2. The van der Waals surface area contributed by atoms with Gasteiger partial charge in [0.05, 0.1) is 4.90 Å². The molecule has 0 atom stereocenters. The predicted molar refractivity (Wildman–Crippen MR) is 90.6 cm³/mol. The van der Waals surface area contributed by atoms with Crippen LogP contribution in [0, 0.1) is 15.9 Å². The number of carbonyl (C=O) groups is 1. The van der Waals surface area contributed by atoms with Crippen molar-refractivity contribution in [3.05, 3.63) is 52.7 Å². The Hall–Kier alpha value is -2.86. The molecular weight excluding hydrogens is 381 g/mol. The summed E-state index contributed by atoms with van der Waals surface area (Å²) in [7, 11) is -3.75. The highest BCUT2D eigenvalue weighted by atomic mass is 32.2. The highest BCUT2D eigenvalue weighted by molar-refractivity contribution is 7.89. The van der Waals surface area contributed by atoms with Crippen LogP contribution in [0.3, 0.4) is 0 Å². The molecule has 12 heteroatoms. The van der Waals surface area contributed by atoms with Crippen LogP contribution in [0.4, 0.5) is 10.2 Å². The van der Waals surface area contributed by atoms with E-state index in [0.717, 1.165) is 18.3 Å². The number of carbonyl (C=O) groups excluding carboxylic acids is 1. The first-order valence-corrected chi connectivity index (χ1v) is 9.41.